The summed E-state index contributed by atoms with van der Waals surface area (Å²) < 4.78 is 5.36. The molecule has 0 spiro atoms. The van der Waals surface area contributed by atoms with Crippen LogP contribution in [0.2, 0.25) is 0 Å². The molecule has 7 heteroatoms. The van der Waals surface area contributed by atoms with Gasteiger partial charge in [-0.05, 0) is 38.8 Å². The van der Waals surface area contributed by atoms with E-state index in [1.807, 2.05) is 0 Å². The SMILES string of the molecule is COCC1(CNC(=O)CN2CCCCCC2=O)CCNCC1.Cl. The number of methoxy groups -OCH3 is 1. The lowest BCUT2D eigenvalue weighted by atomic mass is 9.79. The van der Waals surface area contributed by atoms with Crippen LogP contribution in [0.15, 0.2) is 0 Å². The molecule has 0 aliphatic carbocycles. The number of hydrogen-bond donors (Lipinski definition) is 2. The zero-order valence-electron chi connectivity index (χ0n) is 14.1. The van der Waals surface area contributed by atoms with Gasteiger partial charge in [-0.2, -0.15) is 0 Å². The Hall–Kier alpha value is -0.850. The van der Waals surface area contributed by atoms with Gasteiger partial charge in [-0.25, -0.2) is 0 Å². The Balaban J connectivity index is 0.00000264. The normalized spacial score (nSPS) is 21.3. The number of likely N-dealkylation sites (tertiary alicyclic amines) is 1. The quantitative estimate of drug-likeness (QED) is 0.750. The van der Waals surface area contributed by atoms with Gasteiger partial charge in [-0.1, -0.05) is 6.42 Å². The monoisotopic (exact) mass is 347 g/mol. The number of rotatable bonds is 6. The summed E-state index contributed by atoms with van der Waals surface area (Å²) >= 11 is 0. The molecule has 2 saturated heterocycles. The summed E-state index contributed by atoms with van der Waals surface area (Å²) in [5, 5.41) is 6.37. The molecule has 2 amide bonds. The van der Waals surface area contributed by atoms with Crippen molar-refractivity contribution in [2.75, 3.05) is 46.4 Å². The molecular weight excluding hydrogens is 318 g/mol. The second kappa shape index (κ2) is 10.1. The fraction of sp³-hybridized carbons (Fsp3) is 0.875. The van der Waals surface area contributed by atoms with Crippen LogP contribution < -0.4 is 10.6 Å². The highest BCUT2D eigenvalue weighted by Crippen LogP contribution is 2.28. The number of nitrogens with zero attached hydrogens (tertiary/aromatic N) is 1. The van der Waals surface area contributed by atoms with Crippen molar-refractivity contribution in [2.45, 2.75) is 38.5 Å². The largest absolute Gasteiger partial charge is 0.384 e. The zero-order chi connectivity index (χ0) is 15.8. The number of nitrogens with one attached hydrogen (secondary N) is 2. The summed E-state index contributed by atoms with van der Waals surface area (Å²) in [6.07, 6.45) is 5.60. The molecule has 2 N–H and O–H groups in total. The molecule has 2 rings (SSSR count). The lowest BCUT2D eigenvalue weighted by Gasteiger charge is -2.37. The molecule has 134 valence electrons. The lowest BCUT2D eigenvalue weighted by Crippen LogP contribution is -2.49. The molecule has 2 fully saturated rings. The number of amides is 2. The van der Waals surface area contributed by atoms with Gasteiger partial charge in [0, 0.05) is 32.0 Å². The topological polar surface area (TPSA) is 70.7 Å². The molecule has 6 nitrogen and oxygen atoms in total. The third-order valence-electron chi connectivity index (χ3n) is 4.78. The predicted octanol–water partition coefficient (Wildman–Crippen LogP) is 0.943. The number of ether oxygens (including phenoxy) is 1. The first-order valence-corrected chi connectivity index (χ1v) is 8.39. The van der Waals surface area contributed by atoms with Crippen LogP contribution in [-0.2, 0) is 14.3 Å². The third kappa shape index (κ3) is 6.28. The van der Waals surface area contributed by atoms with Gasteiger partial charge in [0.2, 0.25) is 11.8 Å². The van der Waals surface area contributed by atoms with Crippen LogP contribution in [0.25, 0.3) is 0 Å². The average Bonchev–Trinajstić information content (AvgIpc) is 2.72. The Bertz CT molecular complexity index is 381. The molecular formula is C16H30ClN3O3. The lowest BCUT2D eigenvalue weighted by molar-refractivity contribution is -0.135. The number of carbonyl (C=O) groups excluding carboxylic acids is 2. The van der Waals surface area contributed by atoms with Crippen LogP contribution in [0.3, 0.4) is 0 Å². The van der Waals surface area contributed by atoms with Crippen molar-refractivity contribution in [3.63, 3.8) is 0 Å². The molecule has 23 heavy (non-hydrogen) atoms. The van der Waals surface area contributed by atoms with Gasteiger partial charge in [0.25, 0.3) is 0 Å². The van der Waals surface area contributed by atoms with Crippen LogP contribution in [0.4, 0.5) is 0 Å². The summed E-state index contributed by atoms with van der Waals surface area (Å²) in [7, 11) is 1.71. The number of carbonyl (C=O) groups is 2. The van der Waals surface area contributed by atoms with Crippen molar-refractivity contribution in [3.05, 3.63) is 0 Å². The van der Waals surface area contributed by atoms with Crippen LogP contribution in [0.5, 0.6) is 0 Å². The van der Waals surface area contributed by atoms with Gasteiger partial charge in [-0.15, -0.1) is 12.4 Å². The summed E-state index contributed by atoms with van der Waals surface area (Å²) in [4.78, 5) is 25.8. The van der Waals surface area contributed by atoms with Gasteiger partial charge in [0.1, 0.15) is 0 Å². The molecule has 0 atom stereocenters. The second-order valence-electron chi connectivity index (χ2n) is 6.59. The van der Waals surface area contributed by atoms with Crippen LogP contribution >= 0.6 is 12.4 Å². The smallest absolute Gasteiger partial charge is 0.239 e. The Morgan fingerprint density at radius 3 is 2.74 bits per heavy atom. The van der Waals surface area contributed by atoms with E-state index in [0.29, 0.717) is 26.1 Å². The highest BCUT2D eigenvalue weighted by molar-refractivity contribution is 5.85. The maximum absolute atomic E-state index is 12.2. The first-order chi connectivity index (χ1) is 10.7. The van der Waals surface area contributed by atoms with E-state index in [2.05, 4.69) is 10.6 Å². The van der Waals surface area contributed by atoms with E-state index in [1.54, 1.807) is 12.0 Å². The van der Waals surface area contributed by atoms with Crippen LogP contribution in [-0.4, -0.2) is 63.2 Å². The molecule has 0 aromatic carbocycles. The van der Waals surface area contributed by atoms with Gasteiger partial charge >= 0.3 is 0 Å². The van der Waals surface area contributed by atoms with Gasteiger partial charge in [-0.3, -0.25) is 9.59 Å². The van der Waals surface area contributed by atoms with E-state index in [1.165, 1.54) is 0 Å². The predicted molar refractivity (Wildman–Crippen MR) is 91.7 cm³/mol. The molecule has 2 heterocycles. The van der Waals surface area contributed by atoms with Crippen molar-refractivity contribution < 1.29 is 14.3 Å². The van der Waals surface area contributed by atoms with Crippen molar-refractivity contribution in [1.82, 2.24) is 15.5 Å². The third-order valence-corrected chi connectivity index (χ3v) is 4.78. The second-order valence-corrected chi connectivity index (χ2v) is 6.59. The van der Waals surface area contributed by atoms with E-state index in [4.69, 9.17) is 4.74 Å². The summed E-state index contributed by atoms with van der Waals surface area (Å²) in [6.45, 7) is 4.12. The molecule has 0 radical (unpaired) electrons. The number of halogens is 1. The summed E-state index contributed by atoms with van der Waals surface area (Å²) in [5.74, 6) is 0.0605. The fourth-order valence-corrected chi connectivity index (χ4v) is 3.36. The van der Waals surface area contributed by atoms with E-state index in [9.17, 15) is 9.59 Å². The average molecular weight is 348 g/mol. The van der Waals surface area contributed by atoms with E-state index in [-0.39, 0.29) is 36.2 Å². The maximum atomic E-state index is 12.2. The van der Waals surface area contributed by atoms with E-state index >= 15 is 0 Å². The van der Waals surface area contributed by atoms with Gasteiger partial charge in [0.15, 0.2) is 0 Å². The first-order valence-electron chi connectivity index (χ1n) is 8.39. The van der Waals surface area contributed by atoms with E-state index < -0.39 is 0 Å². The summed E-state index contributed by atoms with van der Waals surface area (Å²) in [5.41, 5.74) is 0.0262. The Morgan fingerprint density at radius 1 is 1.30 bits per heavy atom. The number of piperidine rings is 1. The molecule has 0 bridgehead atoms. The van der Waals surface area contributed by atoms with Crippen molar-refractivity contribution in [2.24, 2.45) is 5.41 Å². The summed E-state index contributed by atoms with van der Waals surface area (Å²) in [6, 6.07) is 0. The molecule has 2 aliphatic heterocycles. The number of hydrogen-bond acceptors (Lipinski definition) is 4. The molecule has 0 aromatic rings. The molecule has 0 saturated carbocycles. The molecule has 2 aliphatic rings. The minimum atomic E-state index is -0.0516. The van der Waals surface area contributed by atoms with Crippen molar-refractivity contribution >= 4 is 24.2 Å². The standard InChI is InChI=1S/C16H29N3O3.ClH/c1-22-13-16(6-8-17-9-7-16)12-18-14(20)11-19-10-4-2-3-5-15(19)21;/h17H,2-13H2,1H3,(H,18,20);1H. The molecule has 0 aromatic heterocycles. The van der Waals surface area contributed by atoms with Gasteiger partial charge in [0.05, 0.1) is 13.2 Å². The minimum absolute atomic E-state index is 0. The van der Waals surface area contributed by atoms with Gasteiger partial charge < -0.3 is 20.3 Å². The van der Waals surface area contributed by atoms with Crippen LogP contribution in [0, 0.1) is 5.41 Å². The zero-order valence-corrected chi connectivity index (χ0v) is 14.9. The van der Waals surface area contributed by atoms with Crippen molar-refractivity contribution in [3.8, 4) is 0 Å². The highest BCUT2D eigenvalue weighted by Gasteiger charge is 2.32. The first kappa shape index (κ1) is 20.2. The van der Waals surface area contributed by atoms with Crippen LogP contribution in [0.1, 0.15) is 38.5 Å². The Kier molecular flexibility index (Phi) is 8.87. The fourth-order valence-electron chi connectivity index (χ4n) is 3.36. The maximum Gasteiger partial charge on any atom is 0.239 e. The Morgan fingerprint density at radius 2 is 2.04 bits per heavy atom. The van der Waals surface area contributed by atoms with Crippen molar-refractivity contribution in [1.29, 1.82) is 0 Å². The van der Waals surface area contributed by atoms with E-state index in [0.717, 1.165) is 45.2 Å². The Labute approximate surface area is 145 Å². The highest BCUT2D eigenvalue weighted by atomic mass is 35.5. The molecule has 0 unspecified atom stereocenters. The minimum Gasteiger partial charge on any atom is -0.384 e.